The van der Waals surface area contributed by atoms with Crippen LogP contribution in [0.15, 0.2) is 85.2 Å². The Balaban J connectivity index is 1.64. The van der Waals surface area contributed by atoms with Gasteiger partial charge in [0, 0.05) is 41.9 Å². The SMILES string of the molecule is Cc1ccc(CN(Cc2ccc(O)c3ncccc23)c2ccc(O)c3ncccc23)cc1. The number of nitrogens with zero attached hydrogens (tertiary/aromatic N) is 3. The van der Waals surface area contributed by atoms with E-state index in [1.807, 2.05) is 36.4 Å². The van der Waals surface area contributed by atoms with Gasteiger partial charge in [-0.05, 0) is 54.4 Å². The largest absolute Gasteiger partial charge is 0.506 e. The van der Waals surface area contributed by atoms with Crippen LogP contribution in [0.3, 0.4) is 0 Å². The average Bonchev–Trinajstić information content (AvgIpc) is 2.82. The van der Waals surface area contributed by atoms with Crippen LogP contribution in [0.4, 0.5) is 5.69 Å². The molecule has 0 amide bonds. The molecule has 0 aliphatic heterocycles. The Labute approximate surface area is 186 Å². The highest BCUT2D eigenvalue weighted by Crippen LogP contribution is 2.34. The minimum atomic E-state index is 0.166. The predicted octanol–water partition coefficient (Wildman–Crippen LogP) is 5.71. The summed E-state index contributed by atoms with van der Waals surface area (Å²) in [7, 11) is 0. The zero-order chi connectivity index (χ0) is 22.1. The fraction of sp³-hybridized carbons (Fsp3) is 0.111. The maximum atomic E-state index is 10.3. The third-order valence-corrected chi connectivity index (χ3v) is 5.76. The van der Waals surface area contributed by atoms with Gasteiger partial charge in [-0.1, -0.05) is 42.0 Å². The van der Waals surface area contributed by atoms with Gasteiger partial charge in [0.25, 0.3) is 0 Å². The Morgan fingerprint density at radius 1 is 0.688 bits per heavy atom. The van der Waals surface area contributed by atoms with Crippen LogP contribution < -0.4 is 4.90 Å². The third-order valence-electron chi connectivity index (χ3n) is 5.76. The number of anilines is 1. The van der Waals surface area contributed by atoms with E-state index >= 15 is 0 Å². The third kappa shape index (κ3) is 3.69. The van der Waals surface area contributed by atoms with Crippen molar-refractivity contribution < 1.29 is 10.2 Å². The summed E-state index contributed by atoms with van der Waals surface area (Å²) in [5.41, 5.74) is 5.62. The van der Waals surface area contributed by atoms with Crippen LogP contribution in [0.2, 0.25) is 0 Å². The molecule has 2 heterocycles. The summed E-state index contributed by atoms with van der Waals surface area (Å²) in [4.78, 5) is 11.0. The second kappa shape index (κ2) is 8.19. The maximum Gasteiger partial charge on any atom is 0.141 e. The molecule has 5 aromatic rings. The van der Waals surface area contributed by atoms with Crippen molar-refractivity contribution in [3.8, 4) is 11.5 Å². The normalized spacial score (nSPS) is 11.2. The molecule has 0 fully saturated rings. The van der Waals surface area contributed by atoms with Gasteiger partial charge >= 0.3 is 0 Å². The van der Waals surface area contributed by atoms with Crippen molar-refractivity contribution in [3.63, 3.8) is 0 Å². The van der Waals surface area contributed by atoms with Crippen LogP contribution in [0.5, 0.6) is 11.5 Å². The number of aromatic nitrogens is 2. The number of phenols is 2. The maximum absolute atomic E-state index is 10.3. The average molecular weight is 422 g/mol. The Morgan fingerprint density at radius 3 is 2.03 bits per heavy atom. The molecule has 0 aliphatic carbocycles. The van der Waals surface area contributed by atoms with Crippen molar-refractivity contribution >= 4 is 27.5 Å². The number of pyridine rings is 2. The number of fused-ring (bicyclic) bond motifs is 2. The molecular weight excluding hydrogens is 398 g/mol. The van der Waals surface area contributed by atoms with Crippen LogP contribution in [-0.2, 0) is 13.1 Å². The molecule has 5 heteroatoms. The van der Waals surface area contributed by atoms with Gasteiger partial charge in [0.2, 0.25) is 0 Å². The quantitative estimate of drug-likeness (QED) is 0.380. The second-order valence-corrected chi connectivity index (χ2v) is 7.99. The summed E-state index contributed by atoms with van der Waals surface area (Å²) in [6, 6.07) is 23.5. The first-order valence-corrected chi connectivity index (χ1v) is 10.5. The fourth-order valence-electron chi connectivity index (χ4n) is 4.12. The highest BCUT2D eigenvalue weighted by Gasteiger charge is 2.16. The topological polar surface area (TPSA) is 69.5 Å². The minimum absolute atomic E-state index is 0.166. The van der Waals surface area contributed by atoms with Gasteiger partial charge in [0.05, 0.1) is 0 Å². The van der Waals surface area contributed by atoms with E-state index in [4.69, 9.17) is 0 Å². The van der Waals surface area contributed by atoms with Gasteiger partial charge < -0.3 is 15.1 Å². The van der Waals surface area contributed by atoms with E-state index in [9.17, 15) is 10.2 Å². The smallest absolute Gasteiger partial charge is 0.141 e. The molecule has 2 aromatic heterocycles. The first-order chi connectivity index (χ1) is 15.6. The van der Waals surface area contributed by atoms with Gasteiger partial charge in [-0.3, -0.25) is 9.97 Å². The lowest BCUT2D eigenvalue weighted by Crippen LogP contribution is -2.22. The van der Waals surface area contributed by atoms with Gasteiger partial charge in [0.15, 0.2) is 0 Å². The van der Waals surface area contributed by atoms with Gasteiger partial charge in [-0.2, -0.15) is 0 Å². The van der Waals surface area contributed by atoms with E-state index in [2.05, 4.69) is 46.1 Å². The molecule has 5 rings (SSSR count). The molecule has 3 aromatic carbocycles. The molecular formula is C27H23N3O2. The highest BCUT2D eigenvalue weighted by molar-refractivity contribution is 5.95. The summed E-state index contributed by atoms with van der Waals surface area (Å²) >= 11 is 0. The van der Waals surface area contributed by atoms with Crippen LogP contribution in [0.1, 0.15) is 16.7 Å². The van der Waals surface area contributed by atoms with Gasteiger partial charge in [-0.25, -0.2) is 0 Å². The van der Waals surface area contributed by atoms with Crippen LogP contribution in [0, 0.1) is 6.92 Å². The number of benzene rings is 3. The van der Waals surface area contributed by atoms with E-state index in [0.29, 0.717) is 24.1 Å². The number of hydrogen-bond acceptors (Lipinski definition) is 5. The first-order valence-electron chi connectivity index (χ1n) is 10.5. The van der Waals surface area contributed by atoms with Gasteiger partial charge in [0.1, 0.15) is 22.5 Å². The molecule has 0 spiro atoms. The van der Waals surface area contributed by atoms with E-state index in [0.717, 1.165) is 22.0 Å². The Hall–Kier alpha value is -4.12. The molecule has 0 aliphatic rings. The molecule has 0 saturated heterocycles. The van der Waals surface area contributed by atoms with E-state index in [-0.39, 0.29) is 11.5 Å². The molecule has 0 saturated carbocycles. The van der Waals surface area contributed by atoms with Crippen LogP contribution in [-0.4, -0.2) is 20.2 Å². The summed E-state index contributed by atoms with van der Waals surface area (Å²) in [6.45, 7) is 3.36. The molecule has 0 unspecified atom stereocenters. The number of phenolic OH excluding ortho intramolecular Hbond substituents is 2. The minimum Gasteiger partial charge on any atom is -0.506 e. The lowest BCUT2D eigenvalue weighted by molar-refractivity contribution is 0.479. The molecule has 32 heavy (non-hydrogen) atoms. The Morgan fingerprint density at radius 2 is 1.31 bits per heavy atom. The molecule has 0 bridgehead atoms. The van der Waals surface area contributed by atoms with Crippen molar-refractivity contribution in [2.45, 2.75) is 20.0 Å². The van der Waals surface area contributed by atoms with Crippen LogP contribution >= 0.6 is 0 Å². The van der Waals surface area contributed by atoms with E-state index in [1.165, 1.54) is 11.1 Å². The summed E-state index contributed by atoms with van der Waals surface area (Å²) in [5, 5.41) is 22.4. The van der Waals surface area contributed by atoms with Crippen molar-refractivity contribution in [2.75, 3.05) is 4.90 Å². The van der Waals surface area contributed by atoms with E-state index < -0.39 is 0 Å². The Bertz CT molecular complexity index is 1410. The number of rotatable bonds is 5. The molecule has 0 atom stereocenters. The number of aryl methyl sites for hydroxylation is 1. The number of hydrogen-bond donors (Lipinski definition) is 2. The van der Waals surface area contributed by atoms with Crippen LogP contribution in [0.25, 0.3) is 21.8 Å². The standard InChI is InChI=1S/C27H23N3O2/c1-18-6-8-19(9-7-18)16-30(23-11-13-25(32)27-22(23)5-3-15-29-27)17-20-10-12-24(31)26-21(20)4-2-14-28-26/h2-15,31-32H,16-17H2,1H3. The second-order valence-electron chi connectivity index (χ2n) is 7.99. The lowest BCUT2D eigenvalue weighted by atomic mass is 10.0. The van der Waals surface area contributed by atoms with E-state index in [1.54, 1.807) is 24.5 Å². The summed E-state index contributed by atoms with van der Waals surface area (Å²) in [6.07, 6.45) is 3.38. The molecule has 5 nitrogen and oxygen atoms in total. The zero-order valence-corrected chi connectivity index (χ0v) is 17.7. The molecule has 0 radical (unpaired) electrons. The fourth-order valence-corrected chi connectivity index (χ4v) is 4.12. The highest BCUT2D eigenvalue weighted by atomic mass is 16.3. The molecule has 158 valence electrons. The first kappa shape index (κ1) is 19.8. The monoisotopic (exact) mass is 421 g/mol. The van der Waals surface area contributed by atoms with Crippen molar-refractivity contribution in [2.24, 2.45) is 0 Å². The Kier molecular flexibility index (Phi) is 5.07. The summed E-state index contributed by atoms with van der Waals surface area (Å²) in [5.74, 6) is 0.340. The van der Waals surface area contributed by atoms with Crippen molar-refractivity contribution in [1.29, 1.82) is 0 Å². The van der Waals surface area contributed by atoms with Gasteiger partial charge in [-0.15, -0.1) is 0 Å². The predicted molar refractivity (Wildman–Crippen MR) is 128 cm³/mol. The van der Waals surface area contributed by atoms with Crippen molar-refractivity contribution in [3.05, 3.63) is 102 Å². The summed E-state index contributed by atoms with van der Waals surface area (Å²) < 4.78 is 0. The number of aromatic hydroxyl groups is 2. The van der Waals surface area contributed by atoms with Crippen molar-refractivity contribution in [1.82, 2.24) is 9.97 Å². The molecule has 2 N–H and O–H groups in total. The zero-order valence-electron chi connectivity index (χ0n) is 17.7. The lowest BCUT2D eigenvalue weighted by Gasteiger charge is -2.27.